The number of benzene rings is 2. The van der Waals surface area contributed by atoms with E-state index in [-0.39, 0.29) is 30.8 Å². The number of carbonyl (C=O) groups is 2. The molecule has 1 atom stereocenters. The number of halogens is 2. The molecule has 0 bridgehead atoms. The molecule has 2 rings (SSSR count). The van der Waals surface area contributed by atoms with Gasteiger partial charge in [0.15, 0.2) is 6.61 Å². The highest BCUT2D eigenvalue weighted by molar-refractivity contribution is 6.32. The number of carbonyl (C=O) groups excluding carboxylic acids is 2. The number of ether oxygens (including phenoxy) is 1. The van der Waals surface area contributed by atoms with E-state index in [0.29, 0.717) is 22.8 Å². The van der Waals surface area contributed by atoms with E-state index in [2.05, 4.69) is 5.32 Å². The van der Waals surface area contributed by atoms with Gasteiger partial charge in [-0.05, 0) is 36.2 Å². The number of rotatable bonds is 8. The molecule has 1 N–H and O–H groups in total. The van der Waals surface area contributed by atoms with Crippen LogP contribution in [0.15, 0.2) is 48.5 Å². The third-order valence-corrected chi connectivity index (χ3v) is 4.40. The first-order chi connectivity index (χ1) is 13.0. The third kappa shape index (κ3) is 5.69. The summed E-state index contributed by atoms with van der Waals surface area (Å²) in [5.74, 6) is -0.611. The zero-order valence-corrected chi connectivity index (χ0v) is 16.0. The van der Waals surface area contributed by atoms with Crippen LogP contribution in [0.2, 0.25) is 5.02 Å². The predicted molar refractivity (Wildman–Crippen MR) is 102 cm³/mol. The van der Waals surface area contributed by atoms with Crippen molar-refractivity contribution < 1.29 is 18.7 Å². The number of amides is 2. The summed E-state index contributed by atoms with van der Waals surface area (Å²) in [4.78, 5) is 26.5. The maximum atomic E-state index is 13.2. The summed E-state index contributed by atoms with van der Waals surface area (Å²) < 4.78 is 18.7. The fraction of sp³-hybridized carbons (Fsp3) is 0.300. The SMILES string of the molecule is CCC(C(=O)NC)N(Cc1ccc(F)cc1)C(=O)COc1ccccc1Cl. The van der Waals surface area contributed by atoms with Gasteiger partial charge in [-0.25, -0.2) is 4.39 Å². The average molecular weight is 393 g/mol. The molecule has 0 fully saturated rings. The van der Waals surface area contributed by atoms with E-state index in [1.807, 2.05) is 6.92 Å². The molecule has 0 aliphatic heterocycles. The van der Waals surface area contributed by atoms with Crippen molar-refractivity contribution in [1.82, 2.24) is 10.2 Å². The van der Waals surface area contributed by atoms with E-state index < -0.39 is 6.04 Å². The summed E-state index contributed by atoms with van der Waals surface area (Å²) in [5.41, 5.74) is 0.713. The highest BCUT2D eigenvalue weighted by Gasteiger charge is 2.28. The third-order valence-electron chi connectivity index (χ3n) is 4.09. The van der Waals surface area contributed by atoms with Gasteiger partial charge in [0, 0.05) is 13.6 Å². The van der Waals surface area contributed by atoms with E-state index >= 15 is 0 Å². The normalized spacial score (nSPS) is 11.6. The van der Waals surface area contributed by atoms with Gasteiger partial charge in [0.2, 0.25) is 5.91 Å². The number of hydrogen-bond donors (Lipinski definition) is 1. The van der Waals surface area contributed by atoms with Crippen LogP contribution in [0.5, 0.6) is 5.75 Å². The second-order valence-corrected chi connectivity index (χ2v) is 6.31. The van der Waals surface area contributed by atoms with Crippen LogP contribution in [0.25, 0.3) is 0 Å². The molecule has 0 aliphatic rings. The van der Waals surface area contributed by atoms with Crippen LogP contribution in [0, 0.1) is 5.82 Å². The minimum atomic E-state index is -0.664. The molecule has 0 saturated heterocycles. The largest absolute Gasteiger partial charge is 0.482 e. The van der Waals surface area contributed by atoms with Crippen molar-refractivity contribution in [3.05, 3.63) is 64.9 Å². The van der Waals surface area contributed by atoms with Gasteiger partial charge in [-0.3, -0.25) is 9.59 Å². The van der Waals surface area contributed by atoms with Crippen molar-refractivity contribution in [3.8, 4) is 5.75 Å². The monoisotopic (exact) mass is 392 g/mol. The van der Waals surface area contributed by atoms with Crippen molar-refractivity contribution in [2.24, 2.45) is 0 Å². The Balaban J connectivity index is 2.19. The number of para-hydroxylation sites is 1. The van der Waals surface area contributed by atoms with Crippen molar-refractivity contribution in [1.29, 1.82) is 0 Å². The Labute approximate surface area is 163 Å². The lowest BCUT2D eigenvalue weighted by Gasteiger charge is -2.30. The van der Waals surface area contributed by atoms with Gasteiger partial charge in [-0.1, -0.05) is 42.8 Å². The first kappa shape index (κ1) is 20.7. The Hall–Kier alpha value is -2.60. The number of likely N-dealkylation sites (N-methyl/N-ethyl adjacent to an activating group) is 1. The standard InChI is InChI=1S/C20H22ClFN2O3/c1-3-17(20(26)23-2)24(12-14-8-10-15(22)11-9-14)19(25)13-27-18-7-5-4-6-16(18)21/h4-11,17H,3,12-13H2,1-2H3,(H,23,26). The second kappa shape index (κ2) is 9.92. The quantitative estimate of drug-likeness (QED) is 0.749. The van der Waals surface area contributed by atoms with Gasteiger partial charge in [0.25, 0.3) is 5.91 Å². The lowest BCUT2D eigenvalue weighted by atomic mass is 10.1. The molecule has 0 saturated carbocycles. The fourth-order valence-corrected chi connectivity index (χ4v) is 2.85. The minimum Gasteiger partial charge on any atom is -0.482 e. The van der Waals surface area contributed by atoms with Crippen LogP contribution in [0.1, 0.15) is 18.9 Å². The molecule has 2 aromatic rings. The molecule has 0 aliphatic carbocycles. The van der Waals surface area contributed by atoms with Crippen molar-refractivity contribution in [2.45, 2.75) is 25.9 Å². The Morgan fingerprint density at radius 3 is 2.44 bits per heavy atom. The lowest BCUT2D eigenvalue weighted by Crippen LogP contribution is -2.49. The zero-order chi connectivity index (χ0) is 19.8. The summed E-state index contributed by atoms with van der Waals surface area (Å²) >= 11 is 6.05. The molecule has 144 valence electrons. The Bertz CT molecular complexity index is 783. The van der Waals surface area contributed by atoms with Crippen molar-refractivity contribution in [3.63, 3.8) is 0 Å². The summed E-state index contributed by atoms with van der Waals surface area (Å²) in [7, 11) is 1.52. The minimum absolute atomic E-state index is 0.164. The van der Waals surface area contributed by atoms with Gasteiger partial charge in [0.05, 0.1) is 5.02 Å². The molecule has 0 radical (unpaired) electrons. The average Bonchev–Trinajstić information content (AvgIpc) is 2.68. The van der Waals surface area contributed by atoms with Crippen LogP contribution in [0.3, 0.4) is 0 Å². The molecular formula is C20H22ClFN2O3. The van der Waals surface area contributed by atoms with Crippen molar-refractivity contribution in [2.75, 3.05) is 13.7 Å². The van der Waals surface area contributed by atoms with Crippen LogP contribution in [0.4, 0.5) is 4.39 Å². The maximum Gasteiger partial charge on any atom is 0.261 e. The molecule has 1 unspecified atom stereocenters. The molecule has 27 heavy (non-hydrogen) atoms. The second-order valence-electron chi connectivity index (χ2n) is 5.91. The Morgan fingerprint density at radius 1 is 1.19 bits per heavy atom. The molecule has 5 nitrogen and oxygen atoms in total. The van der Waals surface area contributed by atoms with E-state index in [1.54, 1.807) is 36.4 Å². The van der Waals surface area contributed by atoms with E-state index in [1.165, 1.54) is 24.1 Å². The summed E-state index contributed by atoms with van der Waals surface area (Å²) in [5, 5.41) is 2.97. The van der Waals surface area contributed by atoms with E-state index in [4.69, 9.17) is 16.3 Å². The van der Waals surface area contributed by atoms with Gasteiger partial charge in [-0.15, -0.1) is 0 Å². The van der Waals surface area contributed by atoms with E-state index in [9.17, 15) is 14.0 Å². The smallest absolute Gasteiger partial charge is 0.261 e. The lowest BCUT2D eigenvalue weighted by molar-refractivity contribution is -0.142. The molecule has 0 aromatic heterocycles. The number of hydrogen-bond acceptors (Lipinski definition) is 3. The number of nitrogens with one attached hydrogen (secondary N) is 1. The fourth-order valence-electron chi connectivity index (χ4n) is 2.66. The van der Waals surface area contributed by atoms with Gasteiger partial charge >= 0.3 is 0 Å². The van der Waals surface area contributed by atoms with Gasteiger partial charge < -0.3 is 15.0 Å². The van der Waals surface area contributed by atoms with Crippen LogP contribution in [-0.4, -0.2) is 36.4 Å². The highest BCUT2D eigenvalue weighted by Crippen LogP contribution is 2.23. The molecule has 0 heterocycles. The maximum absolute atomic E-state index is 13.2. The first-order valence-electron chi connectivity index (χ1n) is 8.59. The summed E-state index contributed by atoms with van der Waals surface area (Å²) in [6.45, 7) is 1.72. The molecule has 2 amide bonds. The molecular weight excluding hydrogens is 371 g/mol. The van der Waals surface area contributed by atoms with E-state index in [0.717, 1.165) is 0 Å². The topological polar surface area (TPSA) is 58.6 Å². The highest BCUT2D eigenvalue weighted by atomic mass is 35.5. The predicted octanol–water partition coefficient (Wildman–Crippen LogP) is 3.41. The first-order valence-corrected chi connectivity index (χ1v) is 8.96. The Kier molecular flexibility index (Phi) is 7.61. The molecule has 0 spiro atoms. The Morgan fingerprint density at radius 2 is 1.85 bits per heavy atom. The van der Waals surface area contributed by atoms with Crippen LogP contribution < -0.4 is 10.1 Å². The zero-order valence-electron chi connectivity index (χ0n) is 15.2. The molecule has 2 aromatic carbocycles. The van der Waals surface area contributed by atoms with Crippen LogP contribution >= 0.6 is 11.6 Å². The van der Waals surface area contributed by atoms with Gasteiger partial charge in [-0.2, -0.15) is 0 Å². The van der Waals surface area contributed by atoms with Crippen molar-refractivity contribution >= 4 is 23.4 Å². The van der Waals surface area contributed by atoms with Gasteiger partial charge in [0.1, 0.15) is 17.6 Å². The van der Waals surface area contributed by atoms with Crippen LogP contribution in [-0.2, 0) is 16.1 Å². The molecule has 7 heteroatoms. The summed E-state index contributed by atoms with van der Waals surface area (Å²) in [6, 6.07) is 12.0. The number of nitrogens with zero attached hydrogens (tertiary/aromatic N) is 1. The summed E-state index contributed by atoms with van der Waals surface area (Å²) in [6.07, 6.45) is 0.429.